The van der Waals surface area contributed by atoms with Crippen molar-refractivity contribution in [3.05, 3.63) is 122 Å². The fraction of sp³-hybridized carbons (Fsp3) is 0.681. The Bertz CT molecular complexity index is 1770. The number of nitrogens with one attached hydrogen (secondary N) is 1. The van der Waals surface area contributed by atoms with E-state index < -0.39 is 20.0 Å². The monoisotopic (exact) mass is 1120 g/mol. The topological polar surface area (TPSA) is 111 Å². The lowest BCUT2D eigenvalue weighted by Crippen LogP contribution is -2.47. The van der Waals surface area contributed by atoms with Crippen LogP contribution in [0.2, 0.25) is 0 Å². The van der Waals surface area contributed by atoms with Crippen LogP contribution in [0.1, 0.15) is 252 Å². The van der Waals surface area contributed by atoms with Crippen LogP contribution in [0.25, 0.3) is 0 Å². The van der Waals surface area contributed by atoms with Crippen LogP contribution in [0.5, 0.6) is 0 Å². The summed E-state index contributed by atoms with van der Waals surface area (Å²) in [5, 5.41) is 3.05. The maximum Gasteiger partial charge on any atom is 0.472 e. The molecule has 0 aliphatic heterocycles. The van der Waals surface area contributed by atoms with Crippen LogP contribution in [-0.4, -0.2) is 74.3 Å². The maximum atomic E-state index is 13.6. The molecular weight excluding hydrogens is 1000 g/mol. The summed E-state index contributed by atoms with van der Waals surface area (Å²) < 4.78 is 30.7. The first-order chi connectivity index (χ1) is 38.4. The number of ether oxygens (including phenoxy) is 1. The van der Waals surface area contributed by atoms with Gasteiger partial charge in [-0.1, -0.05) is 258 Å². The first-order valence-electron chi connectivity index (χ1n) is 31.9. The predicted molar refractivity (Wildman–Crippen MR) is 341 cm³/mol. The van der Waals surface area contributed by atoms with Gasteiger partial charge in [0.15, 0.2) is 0 Å². The quantitative estimate of drug-likeness (QED) is 0.0156. The molecule has 1 amide bonds. The van der Waals surface area contributed by atoms with Gasteiger partial charge in [-0.3, -0.25) is 18.6 Å². The fourth-order valence-electron chi connectivity index (χ4n) is 8.59. The van der Waals surface area contributed by atoms with Gasteiger partial charge in [0, 0.05) is 12.8 Å². The number of likely N-dealkylation sites (N-methyl/N-ethyl adjacent to an activating group) is 1. The molecule has 0 aliphatic carbocycles. The van der Waals surface area contributed by atoms with Gasteiger partial charge in [-0.05, 0) is 102 Å². The number of esters is 1. The lowest BCUT2D eigenvalue weighted by Gasteiger charge is -2.27. The number of amides is 1. The van der Waals surface area contributed by atoms with E-state index in [1.165, 1.54) is 83.5 Å². The van der Waals surface area contributed by atoms with Crippen molar-refractivity contribution in [2.24, 2.45) is 0 Å². The van der Waals surface area contributed by atoms with Crippen LogP contribution in [0.4, 0.5) is 0 Å². The van der Waals surface area contributed by atoms with Gasteiger partial charge in [0.25, 0.3) is 0 Å². The highest BCUT2D eigenvalue weighted by atomic mass is 31.2. The van der Waals surface area contributed by atoms with Gasteiger partial charge in [0.05, 0.1) is 33.8 Å². The predicted octanol–water partition coefficient (Wildman–Crippen LogP) is 19.9. The van der Waals surface area contributed by atoms with Crippen molar-refractivity contribution in [1.29, 1.82) is 0 Å². The largest absolute Gasteiger partial charge is 0.472 e. The van der Waals surface area contributed by atoms with Crippen molar-refractivity contribution < 1.29 is 37.3 Å². The number of rotatable bonds is 56. The van der Waals surface area contributed by atoms with Crippen LogP contribution < -0.4 is 5.32 Å². The third-order valence-corrected chi connectivity index (χ3v) is 14.4. The highest BCUT2D eigenvalue weighted by Gasteiger charge is 2.30. The van der Waals surface area contributed by atoms with Crippen LogP contribution in [-0.2, 0) is 27.9 Å². The van der Waals surface area contributed by atoms with Gasteiger partial charge in [0.2, 0.25) is 5.91 Å². The number of carbonyl (C=O) groups excluding carboxylic acids is 2. The summed E-state index contributed by atoms with van der Waals surface area (Å²) in [6, 6.07) is -0.869. The number of hydrogen-bond donors (Lipinski definition) is 2. The van der Waals surface area contributed by atoms with Crippen molar-refractivity contribution in [1.82, 2.24) is 5.32 Å². The van der Waals surface area contributed by atoms with Crippen molar-refractivity contribution in [2.45, 2.75) is 264 Å². The minimum atomic E-state index is -4.46. The van der Waals surface area contributed by atoms with Crippen LogP contribution in [0.15, 0.2) is 122 Å². The maximum absolute atomic E-state index is 13.6. The molecule has 3 atom stereocenters. The Morgan fingerprint density at radius 2 is 0.873 bits per heavy atom. The van der Waals surface area contributed by atoms with Gasteiger partial charge in [0.1, 0.15) is 19.3 Å². The molecule has 2 N–H and O–H groups in total. The average Bonchev–Trinajstić information content (AvgIpc) is 3.41. The fourth-order valence-corrected chi connectivity index (χ4v) is 9.33. The number of hydrogen-bond acceptors (Lipinski definition) is 6. The summed E-state index contributed by atoms with van der Waals surface area (Å²) >= 11 is 0. The van der Waals surface area contributed by atoms with Crippen LogP contribution in [0, 0.1) is 0 Å². The minimum absolute atomic E-state index is 0.0287. The molecule has 3 unspecified atom stereocenters. The SMILES string of the molecule is CC/C=C\C/C=C\C/C=C\C/C=C\C/C=C\C/C=C\CCCCCCCCCCC(=O)NC(COP(=O)(O)OCC[N+](C)(C)C)C(/C=C\CCCCCCCCCCCCC)OC(=O)CCCCCCC\C=C/C=C/C=C/CC. The molecule has 0 spiro atoms. The van der Waals surface area contributed by atoms with Gasteiger partial charge >= 0.3 is 13.8 Å². The molecule has 0 saturated heterocycles. The Morgan fingerprint density at radius 3 is 1.35 bits per heavy atom. The Labute approximate surface area is 486 Å². The van der Waals surface area contributed by atoms with E-state index in [1.54, 1.807) is 0 Å². The average molecular weight is 1120 g/mol. The standard InChI is InChI=1S/C69H119N2O7P/c1-7-10-13-16-19-22-25-28-29-30-31-32-33-34-35-36-37-38-39-40-41-44-46-49-52-55-58-61-68(72)70-66(65-77-79(74,75)76-64-63-71(4,5)6)67(60-57-54-51-48-45-42-26-23-20-17-14-11-8-2)78-69(73)62-59-56-53-50-47-43-27-24-21-18-15-12-9-3/h10,12-13,15,18-19,21-22,24,27-29,31-32,34-35,37-38,57,60,66-67H,7-9,11,14,16-17,20,23,25-26,30,33,36,39-56,58-59,61-65H2,1-6H3,(H-,70,72,74,75)/p+1/b13-10-,15-12+,21-18+,22-19-,27-24-,29-28-,32-31-,35-34-,38-37-,60-57-. The number of carbonyl (C=O) groups is 2. The Morgan fingerprint density at radius 1 is 0.468 bits per heavy atom. The lowest BCUT2D eigenvalue weighted by atomic mass is 10.0. The molecule has 452 valence electrons. The second-order valence-electron chi connectivity index (χ2n) is 22.2. The van der Waals surface area contributed by atoms with Gasteiger partial charge in [-0.2, -0.15) is 0 Å². The number of phosphoric acid groups is 1. The first-order valence-corrected chi connectivity index (χ1v) is 33.4. The first kappa shape index (κ1) is 75.4. The van der Waals surface area contributed by atoms with E-state index in [0.29, 0.717) is 23.9 Å². The molecule has 79 heavy (non-hydrogen) atoms. The van der Waals surface area contributed by atoms with E-state index in [-0.39, 0.29) is 31.5 Å². The van der Waals surface area contributed by atoms with Crippen molar-refractivity contribution >= 4 is 19.7 Å². The molecule has 10 heteroatoms. The number of phosphoric ester groups is 1. The van der Waals surface area contributed by atoms with E-state index in [9.17, 15) is 19.0 Å². The zero-order valence-electron chi connectivity index (χ0n) is 51.6. The Balaban J connectivity index is 5.17. The van der Waals surface area contributed by atoms with E-state index in [4.69, 9.17) is 13.8 Å². The molecule has 0 aromatic rings. The molecule has 0 aromatic carbocycles. The highest BCUT2D eigenvalue weighted by Crippen LogP contribution is 2.43. The third kappa shape index (κ3) is 58.9. The number of quaternary nitrogens is 1. The van der Waals surface area contributed by atoms with Gasteiger partial charge in [-0.15, -0.1) is 0 Å². The second-order valence-corrected chi connectivity index (χ2v) is 23.7. The Hall–Kier alpha value is -3.59. The van der Waals surface area contributed by atoms with E-state index >= 15 is 0 Å². The molecule has 0 radical (unpaired) electrons. The minimum Gasteiger partial charge on any atom is -0.456 e. The number of nitrogens with zero attached hydrogens (tertiary/aromatic N) is 1. The zero-order chi connectivity index (χ0) is 57.9. The molecule has 0 rings (SSSR count). The Kier molecular flexibility index (Phi) is 55.0. The smallest absolute Gasteiger partial charge is 0.456 e. The van der Waals surface area contributed by atoms with Crippen molar-refractivity contribution in [3.8, 4) is 0 Å². The van der Waals surface area contributed by atoms with E-state index in [2.05, 4.69) is 135 Å². The summed E-state index contributed by atoms with van der Waals surface area (Å²) in [5.74, 6) is -0.545. The molecule has 0 aliphatic rings. The zero-order valence-corrected chi connectivity index (χ0v) is 52.5. The van der Waals surface area contributed by atoms with E-state index in [0.717, 1.165) is 128 Å². The normalized spacial score (nSPS) is 14.5. The van der Waals surface area contributed by atoms with E-state index in [1.807, 2.05) is 33.3 Å². The second kappa shape index (κ2) is 57.6. The van der Waals surface area contributed by atoms with Crippen LogP contribution in [0.3, 0.4) is 0 Å². The summed E-state index contributed by atoms with van der Waals surface area (Å²) in [7, 11) is 1.46. The summed E-state index contributed by atoms with van der Waals surface area (Å²) in [6.45, 7) is 6.73. The highest BCUT2D eigenvalue weighted by molar-refractivity contribution is 7.47. The molecule has 0 aromatic heterocycles. The van der Waals surface area contributed by atoms with Crippen molar-refractivity contribution in [3.63, 3.8) is 0 Å². The third-order valence-electron chi connectivity index (χ3n) is 13.5. The van der Waals surface area contributed by atoms with Crippen LogP contribution >= 0.6 is 7.82 Å². The summed E-state index contributed by atoms with van der Waals surface area (Å²) in [4.78, 5) is 37.7. The number of allylic oxidation sites excluding steroid dienone is 19. The lowest BCUT2D eigenvalue weighted by molar-refractivity contribution is -0.870. The number of unbranched alkanes of at least 4 members (excludes halogenated alkanes) is 24. The molecular formula is C69H120N2O7P+. The summed E-state index contributed by atoms with van der Waals surface area (Å²) in [6.07, 6.45) is 80.6. The molecule has 0 bridgehead atoms. The molecule has 0 saturated carbocycles. The molecule has 0 fully saturated rings. The van der Waals surface area contributed by atoms with Crippen molar-refractivity contribution in [2.75, 3.05) is 40.9 Å². The molecule has 0 heterocycles. The molecule has 9 nitrogen and oxygen atoms in total. The summed E-state index contributed by atoms with van der Waals surface area (Å²) in [5.41, 5.74) is 0. The van der Waals surface area contributed by atoms with Gasteiger partial charge < -0.3 is 19.4 Å². The van der Waals surface area contributed by atoms with Gasteiger partial charge in [-0.25, -0.2) is 4.57 Å².